The molecule has 1 aromatic carbocycles. The zero-order valence-corrected chi connectivity index (χ0v) is 11.5. The van der Waals surface area contributed by atoms with Gasteiger partial charge in [0.2, 0.25) is 5.88 Å². The van der Waals surface area contributed by atoms with Crippen LogP contribution in [0.1, 0.15) is 15.9 Å². The van der Waals surface area contributed by atoms with Gasteiger partial charge in [0.1, 0.15) is 6.61 Å². The molecule has 0 spiro atoms. The van der Waals surface area contributed by atoms with Crippen LogP contribution in [0.5, 0.6) is 5.88 Å². The van der Waals surface area contributed by atoms with Gasteiger partial charge in [0.05, 0.1) is 5.56 Å². The van der Waals surface area contributed by atoms with E-state index < -0.39 is 5.97 Å². The molecular formula is C13H14N2O3S. The molecule has 2 rings (SSSR count). The van der Waals surface area contributed by atoms with Crippen LogP contribution >= 0.6 is 11.8 Å². The van der Waals surface area contributed by atoms with Crippen LogP contribution in [0.3, 0.4) is 0 Å². The highest BCUT2D eigenvalue weighted by Crippen LogP contribution is 2.25. The summed E-state index contributed by atoms with van der Waals surface area (Å²) in [6, 6.07) is 6.94. The first-order valence-electron chi connectivity index (χ1n) is 5.63. The van der Waals surface area contributed by atoms with E-state index in [1.165, 1.54) is 11.8 Å². The maximum atomic E-state index is 11.2. The SMILES string of the molecule is CSc1cccc(C(=O)O)c1COc1ccn(C)n1. The van der Waals surface area contributed by atoms with Crippen LogP contribution in [-0.4, -0.2) is 27.1 Å². The molecule has 0 unspecified atom stereocenters. The average Bonchev–Trinajstić information content (AvgIpc) is 2.81. The lowest BCUT2D eigenvalue weighted by atomic mass is 10.1. The van der Waals surface area contributed by atoms with Crippen LogP contribution in [0.15, 0.2) is 35.4 Å². The van der Waals surface area contributed by atoms with Gasteiger partial charge >= 0.3 is 5.97 Å². The predicted octanol–water partition coefficient (Wildman–Crippen LogP) is 2.42. The van der Waals surface area contributed by atoms with Crippen molar-refractivity contribution >= 4 is 17.7 Å². The number of aromatic carboxylic acids is 1. The number of rotatable bonds is 5. The van der Waals surface area contributed by atoms with Crippen LogP contribution < -0.4 is 4.74 Å². The number of aromatic nitrogens is 2. The van der Waals surface area contributed by atoms with Gasteiger partial charge in [-0.2, -0.15) is 0 Å². The molecule has 0 bridgehead atoms. The number of hydrogen-bond acceptors (Lipinski definition) is 4. The Bertz CT molecular complexity index is 595. The van der Waals surface area contributed by atoms with Gasteiger partial charge in [0.25, 0.3) is 0 Å². The average molecular weight is 278 g/mol. The molecule has 2 aromatic rings. The third-order valence-electron chi connectivity index (χ3n) is 2.64. The van der Waals surface area contributed by atoms with Crippen LogP contribution in [-0.2, 0) is 13.7 Å². The molecule has 0 aliphatic rings. The van der Waals surface area contributed by atoms with Crippen molar-refractivity contribution in [2.24, 2.45) is 7.05 Å². The van der Waals surface area contributed by atoms with E-state index in [9.17, 15) is 9.90 Å². The van der Waals surface area contributed by atoms with Gasteiger partial charge < -0.3 is 9.84 Å². The van der Waals surface area contributed by atoms with Gasteiger partial charge in [0.15, 0.2) is 0 Å². The summed E-state index contributed by atoms with van der Waals surface area (Å²) in [6.45, 7) is 0.190. The normalized spacial score (nSPS) is 10.4. The van der Waals surface area contributed by atoms with Gasteiger partial charge in [-0.15, -0.1) is 16.9 Å². The van der Waals surface area contributed by atoms with Crippen molar-refractivity contribution in [2.45, 2.75) is 11.5 Å². The van der Waals surface area contributed by atoms with Crippen LogP contribution in [0, 0.1) is 0 Å². The maximum absolute atomic E-state index is 11.2. The van der Waals surface area contributed by atoms with Crippen molar-refractivity contribution in [2.75, 3.05) is 6.26 Å². The summed E-state index contributed by atoms with van der Waals surface area (Å²) < 4.78 is 7.17. The van der Waals surface area contributed by atoms with Crippen LogP contribution in [0.2, 0.25) is 0 Å². The Labute approximate surface area is 115 Å². The first kappa shape index (κ1) is 13.5. The molecule has 100 valence electrons. The number of benzene rings is 1. The second-order valence-corrected chi connectivity index (χ2v) is 4.76. The van der Waals surface area contributed by atoms with Crippen molar-refractivity contribution in [1.82, 2.24) is 9.78 Å². The van der Waals surface area contributed by atoms with Crippen molar-refractivity contribution in [3.05, 3.63) is 41.6 Å². The van der Waals surface area contributed by atoms with E-state index in [1.54, 1.807) is 36.1 Å². The Hall–Kier alpha value is -1.95. The van der Waals surface area contributed by atoms with Crippen molar-refractivity contribution < 1.29 is 14.6 Å². The molecule has 1 heterocycles. The molecule has 0 saturated heterocycles. The summed E-state index contributed by atoms with van der Waals surface area (Å²) >= 11 is 1.50. The van der Waals surface area contributed by atoms with Gasteiger partial charge in [0, 0.05) is 29.8 Å². The summed E-state index contributed by atoms with van der Waals surface area (Å²) in [4.78, 5) is 12.1. The molecule has 6 heteroatoms. The Morgan fingerprint density at radius 1 is 1.47 bits per heavy atom. The van der Waals surface area contributed by atoms with E-state index in [1.807, 2.05) is 12.3 Å². The lowest BCUT2D eigenvalue weighted by Crippen LogP contribution is -2.07. The lowest BCUT2D eigenvalue weighted by Gasteiger charge is -2.11. The smallest absolute Gasteiger partial charge is 0.336 e. The number of carboxylic acids is 1. The number of nitrogens with zero attached hydrogens (tertiary/aromatic N) is 2. The van der Waals surface area contributed by atoms with E-state index in [2.05, 4.69) is 5.10 Å². The molecule has 0 radical (unpaired) electrons. The molecule has 19 heavy (non-hydrogen) atoms. The molecular weight excluding hydrogens is 264 g/mol. The highest BCUT2D eigenvalue weighted by atomic mass is 32.2. The van der Waals surface area contributed by atoms with E-state index in [0.717, 1.165) is 4.90 Å². The lowest BCUT2D eigenvalue weighted by molar-refractivity contribution is 0.0693. The fourth-order valence-electron chi connectivity index (χ4n) is 1.72. The van der Waals surface area contributed by atoms with Crippen molar-refractivity contribution in [3.8, 4) is 5.88 Å². The zero-order chi connectivity index (χ0) is 13.8. The highest BCUT2D eigenvalue weighted by Gasteiger charge is 2.14. The monoisotopic (exact) mass is 278 g/mol. The van der Waals surface area contributed by atoms with E-state index in [0.29, 0.717) is 11.4 Å². The summed E-state index contributed by atoms with van der Waals surface area (Å²) in [6.07, 6.45) is 3.68. The minimum absolute atomic E-state index is 0.190. The number of hydrogen-bond donors (Lipinski definition) is 1. The molecule has 5 nitrogen and oxygen atoms in total. The second kappa shape index (κ2) is 5.79. The van der Waals surface area contributed by atoms with Gasteiger partial charge in [-0.3, -0.25) is 4.68 Å². The first-order valence-corrected chi connectivity index (χ1v) is 6.86. The zero-order valence-electron chi connectivity index (χ0n) is 10.7. The molecule has 0 amide bonds. The predicted molar refractivity (Wildman–Crippen MR) is 72.7 cm³/mol. The molecule has 0 aliphatic carbocycles. The van der Waals surface area contributed by atoms with Gasteiger partial charge in [-0.25, -0.2) is 4.79 Å². The molecule has 0 saturated carbocycles. The topological polar surface area (TPSA) is 64.3 Å². The summed E-state index contributed by atoms with van der Waals surface area (Å²) in [5.74, 6) is -0.467. The van der Waals surface area contributed by atoms with E-state index >= 15 is 0 Å². The largest absolute Gasteiger partial charge is 0.478 e. The Morgan fingerprint density at radius 2 is 2.26 bits per heavy atom. The summed E-state index contributed by atoms with van der Waals surface area (Å²) in [5.41, 5.74) is 0.941. The molecule has 0 aliphatic heterocycles. The van der Waals surface area contributed by atoms with Crippen LogP contribution in [0.25, 0.3) is 0 Å². The minimum atomic E-state index is -0.949. The summed E-state index contributed by atoms with van der Waals surface area (Å²) in [7, 11) is 1.80. The van der Waals surface area contributed by atoms with E-state index in [4.69, 9.17) is 4.74 Å². The first-order chi connectivity index (χ1) is 9.11. The third kappa shape index (κ3) is 3.08. The molecule has 0 fully saturated rings. The molecule has 1 aromatic heterocycles. The van der Waals surface area contributed by atoms with E-state index in [-0.39, 0.29) is 12.2 Å². The number of thioether (sulfide) groups is 1. The Kier molecular flexibility index (Phi) is 4.11. The Morgan fingerprint density at radius 3 is 2.84 bits per heavy atom. The van der Waals surface area contributed by atoms with Gasteiger partial charge in [-0.05, 0) is 18.4 Å². The fourth-order valence-corrected chi connectivity index (χ4v) is 2.35. The molecule has 1 N–H and O–H groups in total. The van der Waals surface area contributed by atoms with Gasteiger partial charge in [-0.1, -0.05) is 6.07 Å². The molecule has 0 atom stereocenters. The van der Waals surface area contributed by atoms with Crippen LogP contribution in [0.4, 0.5) is 0 Å². The standard InChI is InChI=1S/C13H14N2O3S/c1-15-7-6-12(14-15)18-8-10-9(13(16)17)4-3-5-11(10)19-2/h3-7H,8H2,1-2H3,(H,16,17). The second-order valence-electron chi connectivity index (χ2n) is 3.91. The highest BCUT2D eigenvalue weighted by molar-refractivity contribution is 7.98. The maximum Gasteiger partial charge on any atom is 0.336 e. The number of ether oxygens (including phenoxy) is 1. The third-order valence-corrected chi connectivity index (χ3v) is 3.46. The van der Waals surface area contributed by atoms with Crippen molar-refractivity contribution in [1.29, 1.82) is 0 Å². The number of carboxylic acid groups (broad SMARTS) is 1. The Balaban J connectivity index is 2.25. The quantitative estimate of drug-likeness (QED) is 0.851. The van der Waals surface area contributed by atoms with Crippen molar-refractivity contribution in [3.63, 3.8) is 0 Å². The minimum Gasteiger partial charge on any atom is -0.478 e. The summed E-state index contributed by atoms with van der Waals surface area (Å²) in [5, 5.41) is 13.3. The fraction of sp³-hybridized carbons (Fsp3) is 0.231. The number of carbonyl (C=O) groups is 1. The number of aryl methyl sites for hydroxylation is 1.